The first-order valence-electron chi connectivity index (χ1n) is 5.21. The number of rotatable bonds is 3. The van der Waals surface area contributed by atoms with Gasteiger partial charge in [-0.25, -0.2) is 4.98 Å². The van der Waals surface area contributed by atoms with E-state index in [1.165, 1.54) is 11.8 Å². The van der Waals surface area contributed by atoms with Gasteiger partial charge < -0.3 is 10.5 Å². The molecule has 2 rings (SSSR count). The van der Waals surface area contributed by atoms with E-state index in [4.69, 9.17) is 15.7 Å². The first-order chi connectivity index (χ1) is 8.76. The lowest BCUT2D eigenvalue weighted by Crippen LogP contribution is -1.96. The van der Waals surface area contributed by atoms with E-state index in [2.05, 4.69) is 4.98 Å². The highest BCUT2D eigenvalue weighted by Crippen LogP contribution is 2.36. The molecule has 0 spiro atoms. The van der Waals surface area contributed by atoms with Gasteiger partial charge in [-0.3, -0.25) is 0 Å². The molecular formula is C13H11N3OS. The smallest absolute Gasteiger partial charge is 0.132 e. The van der Waals surface area contributed by atoms with Gasteiger partial charge in [0.15, 0.2) is 0 Å². The molecule has 0 atom stereocenters. The Labute approximate surface area is 109 Å². The van der Waals surface area contributed by atoms with E-state index >= 15 is 0 Å². The van der Waals surface area contributed by atoms with Crippen molar-refractivity contribution in [3.63, 3.8) is 0 Å². The number of hydrogen-bond donors (Lipinski definition) is 1. The predicted octanol–water partition coefficient (Wildman–Crippen LogP) is 2.70. The number of anilines is 1. The molecule has 0 bridgehead atoms. The number of ether oxygens (including phenoxy) is 1. The highest BCUT2D eigenvalue weighted by atomic mass is 32.2. The quantitative estimate of drug-likeness (QED) is 0.915. The predicted molar refractivity (Wildman–Crippen MR) is 70.5 cm³/mol. The minimum Gasteiger partial charge on any atom is -0.496 e. The van der Waals surface area contributed by atoms with Crippen molar-refractivity contribution in [2.24, 2.45) is 0 Å². The van der Waals surface area contributed by atoms with Gasteiger partial charge in [-0.1, -0.05) is 23.9 Å². The number of nitriles is 1. The third kappa shape index (κ3) is 2.39. The van der Waals surface area contributed by atoms with E-state index in [1.54, 1.807) is 19.4 Å². The molecule has 5 heteroatoms. The lowest BCUT2D eigenvalue weighted by Gasteiger charge is -2.08. The fourth-order valence-electron chi connectivity index (χ4n) is 1.44. The molecule has 4 nitrogen and oxygen atoms in total. The monoisotopic (exact) mass is 257 g/mol. The zero-order valence-corrected chi connectivity index (χ0v) is 10.6. The van der Waals surface area contributed by atoms with Crippen LogP contribution in [0, 0.1) is 11.3 Å². The van der Waals surface area contributed by atoms with E-state index in [-0.39, 0.29) is 0 Å². The average molecular weight is 257 g/mol. The first-order valence-corrected chi connectivity index (χ1v) is 6.03. The number of methoxy groups -OCH3 is 1. The Morgan fingerprint density at radius 3 is 2.83 bits per heavy atom. The lowest BCUT2D eigenvalue weighted by atomic mass is 10.2. The summed E-state index contributed by atoms with van der Waals surface area (Å²) in [6.07, 6.45) is 1.58. The van der Waals surface area contributed by atoms with Crippen molar-refractivity contribution in [2.45, 2.75) is 9.92 Å². The maximum Gasteiger partial charge on any atom is 0.132 e. The number of pyridine rings is 1. The minimum atomic E-state index is 0.399. The SMILES string of the molecule is COc1ccccc1Sc1nccc(C#N)c1N. The fourth-order valence-corrected chi connectivity index (χ4v) is 2.38. The molecule has 0 aliphatic rings. The van der Waals surface area contributed by atoms with Crippen LogP contribution in [0.1, 0.15) is 5.56 Å². The Morgan fingerprint density at radius 2 is 2.11 bits per heavy atom. The van der Waals surface area contributed by atoms with Crippen molar-refractivity contribution in [1.82, 2.24) is 4.98 Å². The summed E-state index contributed by atoms with van der Waals surface area (Å²) in [5.41, 5.74) is 6.72. The maximum absolute atomic E-state index is 8.92. The number of nitrogens with zero attached hydrogens (tertiary/aromatic N) is 2. The van der Waals surface area contributed by atoms with Crippen LogP contribution in [0.4, 0.5) is 5.69 Å². The van der Waals surface area contributed by atoms with Gasteiger partial charge in [-0.05, 0) is 18.2 Å². The van der Waals surface area contributed by atoms with Gasteiger partial charge in [0.25, 0.3) is 0 Å². The Bertz CT molecular complexity index is 607. The highest BCUT2D eigenvalue weighted by molar-refractivity contribution is 7.99. The molecule has 0 radical (unpaired) electrons. The van der Waals surface area contributed by atoms with Crippen LogP contribution in [0.2, 0.25) is 0 Å². The topological polar surface area (TPSA) is 71.9 Å². The van der Waals surface area contributed by atoms with Crippen LogP contribution >= 0.6 is 11.8 Å². The van der Waals surface area contributed by atoms with Gasteiger partial charge in [0.1, 0.15) is 16.8 Å². The minimum absolute atomic E-state index is 0.399. The second-order valence-electron chi connectivity index (χ2n) is 3.44. The summed E-state index contributed by atoms with van der Waals surface area (Å²) in [5, 5.41) is 9.53. The van der Waals surface area contributed by atoms with E-state index in [0.29, 0.717) is 16.3 Å². The molecule has 90 valence electrons. The maximum atomic E-state index is 8.92. The van der Waals surface area contributed by atoms with Crippen LogP contribution in [0.15, 0.2) is 46.5 Å². The Balaban J connectivity index is 2.38. The first kappa shape index (κ1) is 12.3. The zero-order chi connectivity index (χ0) is 13.0. The highest BCUT2D eigenvalue weighted by Gasteiger charge is 2.10. The summed E-state index contributed by atoms with van der Waals surface area (Å²) in [6.45, 7) is 0. The van der Waals surface area contributed by atoms with Crippen LogP contribution in [-0.2, 0) is 0 Å². The van der Waals surface area contributed by atoms with Gasteiger partial charge in [-0.15, -0.1) is 0 Å². The van der Waals surface area contributed by atoms with Crippen LogP contribution in [-0.4, -0.2) is 12.1 Å². The molecule has 0 amide bonds. The summed E-state index contributed by atoms with van der Waals surface area (Å²) in [4.78, 5) is 5.10. The third-order valence-electron chi connectivity index (χ3n) is 2.35. The molecule has 0 saturated heterocycles. The molecule has 18 heavy (non-hydrogen) atoms. The van der Waals surface area contributed by atoms with E-state index in [9.17, 15) is 0 Å². The Kier molecular flexibility index (Phi) is 3.70. The summed E-state index contributed by atoms with van der Waals surface area (Å²) >= 11 is 1.38. The summed E-state index contributed by atoms with van der Waals surface area (Å²) < 4.78 is 5.26. The zero-order valence-electron chi connectivity index (χ0n) is 9.75. The molecule has 0 aliphatic carbocycles. The van der Waals surface area contributed by atoms with Crippen LogP contribution in [0.25, 0.3) is 0 Å². The molecule has 0 fully saturated rings. The van der Waals surface area contributed by atoms with Crippen LogP contribution < -0.4 is 10.5 Å². The van der Waals surface area contributed by atoms with Crippen LogP contribution in [0.5, 0.6) is 5.75 Å². The number of nitrogen functional groups attached to an aromatic ring is 1. The fraction of sp³-hybridized carbons (Fsp3) is 0.0769. The van der Waals surface area contributed by atoms with Crippen LogP contribution in [0.3, 0.4) is 0 Å². The summed E-state index contributed by atoms with van der Waals surface area (Å²) in [6, 6.07) is 11.2. The molecule has 2 N–H and O–H groups in total. The molecular weight excluding hydrogens is 246 g/mol. The number of aromatic nitrogens is 1. The standard InChI is InChI=1S/C13H11N3OS/c1-17-10-4-2-3-5-11(10)18-13-12(15)9(8-14)6-7-16-13/h2-7H,15H2,1H3. The second kappa shape index (κ2) is 5.43. The van der Waals surface area contributed by atoms with Gasteiger partial charge in [0.05, 0.1) is 23.3 Å². The average Bonchev–Trinajstić information content (AvgIpc) is 2.42. The van der Waals surface area contributed by atoms with E-state index < -0.39 is 0 Å². The molecule has 1 aromatic carbocycles. The van der Waals surface area contributed by atoms with E-state index in [0.717, 1.165) is 10.6 Å². The third-order valence-corrected chi connectivity index (χ3v) is 3.43. The number of benzene rings is 1. The normalized spacial score (nSPS) is 9.78. The largest absolute Gasteiger partial charge is 0.496 e. The number of nitrogens with two attached hydrogens (primary N) is 1. The molecule has 0 aliphatic heterocycles. The molecule has 2 aromatic rings. The van der Waals surface area contributed by atoms with Crippen molar-refractivity contribution < 1.29 is 4.74 Å². The molecule has 0 unspecified atom stereocenters. The van der Waals surface area contributed by atoms with Gasteiger partial charge in [-0.2, -0.15) is 5.26 Å². The van der Waals surface area contributed by atoms with Crippen molar-refractivity contribution in [3.8, 4) is 11.8 Å². The Morgan fingerprint density at radius 1 is 1.33 bits per heavy atom. The molecule has 0 saturated carbocycles. The summed E-state index contributed by atoms with van der Waals surface area (Å²) in [7, 11) is 1.61. The van der Waals surface area contributed by atoms with E-state index in [1.807, 2.05) is 30.3 Å². The molecule has 1 heterocycles. The van der Waals surface area contributed by atoms with Crippen molar-refractivity contribution in [3.05, 3.63) is 42.1 Å². The van der Waals surface area contributed by atoms with Crippen molar-refractivity contribution in [2.75, 3.05) is 12.8 Å². The number of hydrogen-bond acceptors (Lipinski definition) is 5. The molecule has 1 aromatic heterocycles. The van der Waals surface area contributed by atoms with Crippen molar-refractivity contribution in [1.29, 1.82) is 5.26 Å². The van der Waals surface area contributed by atoms with Gasteiger partial charge >= 0.3 is 0 Å². The Hall–Kier alpha value is -2.19. The van der Waals surface area contributed by atoms with Gasteiger partial charge in [0.2, 0.25) is 0 Å². The van der Waals surface area contributed by atoms with Crippen molar-refractivity contribution >= 4 is 17.4 Å². The summed E-state index contributed by atoms with van der Waals surface area (Å²) in [5.74, 6) is 0.756. The van der Waals surface area contributed by atoms with Gasteiger partial charge in [0, 0.05) is 6.20 Å². The second-order valence-corrected chi connectivity index (χ2v) is 4.47. The number of para-hydroxylation sites is 1. The lowest BCUT2D eigenvalue weighted by molar-refractivity contribution is 0.405.